The minimum absolute atomic E-state index is 0.0501. The van der Waals surface area contributed by atoms with Crippen molar-refractivity contribution < 1.29 is 14.1 Å². The number of hydrogen-bond acceptors (Lipinski definition) is 6. The number of fused-ring (bicyclic) bond motifs is 1. The van der Waals surface area contributed by atoms with Crippen LogP contribution in [0.25, 0.3) is 11.8 Å². The summed E-state index contributed by atoms with van der Waals surface area (Å²) in [6, 6.07) is 18.8. The molecule has 2 N–H and O–H groups in total. The molecule has 3 aromatic carbocycles. The second-order valence-electron chi connectivity index (χ2n) is 8.09. The van der Waals surface area contributed by atoms with Gasteiger partial charge in [0, 0.05) is 28.9 Å². The van der Waals surface area contributed by atoms with E-state index in [9.17, 15) is 19.3 Å². The van der Waals surface area contributed by atoms with Gasteiger partial charge >= 0.3 is 0 Å². The first-order valence-electron chi connectivity index (χ1n) is 11.1. The molecular formula is C26H18ClFN6O3. The van der Waals surface area contributed by atoms with Crippen LogP contribution < -0.4 is 10.6 Å². The third-order valence-corrected chi connectivity index (χ3v) is 5.83. The highest BCUT2D eigenvalue weighted by Crippen LogP contribution is 2.33. The molecule has 0 bridgehead atoms. The Kier molecular flexibility index (Phi) is 6.48. The van der Waals surface area contributed by atoms with Gasteiger partial charge in [-0.15, -0.1) is 5.10 Å². The molecule has 37 heavy (non-hydrogen) atoms. The molecule has 4 aromatic rings. The Morgan fingerprint density at radius 2 is 1.89 bits per heavy atom. The standard InChI is InChI=1S/C26H18ClFN6O3/c27-19-9-5-17(6-10-19)22-15-23(18-7-11-20(28)12-8-18)33-26(29-22)31-25(32-33)30-24(35)13-4-16-2-1-3-21(14-16)34(36)37/h1-15,23H,(H2,29,30,31,32,35)/b13-4+/t23-/m0/s1. The predicted molar refractivity (Wildman–Crippen MR) is 138 cm³/mol. The third kappa shape index (κ3) is 5.39. The Morgan fingerprint density at radius 1 is 1.14 bits per heavy atom. The monoisotopic (exact) mass is 516 g/mol. The number of benzene rings is 3. The molecule has 184 valence electrons. The summed E-state index contributed by atoms with van der Waals surface area (Å²) in [7, 11) is 0. The Balaban J connectivity index is 1.41. The van der Waals surface area contributed by atoms with E-state index in [4.69, 9.17) is 11.6 Å². The molecule has 1 amide bonds. The van der Waals surface area contributed by atoms with Crippen LogP contribution >= 0.6 is 11.6 Å². The molecule has 1 aliphatic heterocycles. The SMILES string of the molecule is O=C(/C=C/c1cccc([N+](=O)[O-])c1)Nc1nc2n(n1)[C@H](c1ccc(F)cc1)C=C(c1ccc(Cl)cc1)N2. The number of nitro benzene ring substituents is 1. The molecule has 0 aliphatic carbocycles. The maximum atomic E-state index is 13.6. The summed E-state index contributed by atoms with van der Waals surface area (Å²) in [6.07, 6.45) is 4.62. The normalized spacial score (nSPS) is 14.5. The van der Waals surface area contributed by atoms with E-state index < -0.39 is 16.9 Å². The second-order valence-corrected chi connectivity index (χ2v) is 8.52. The number of nitrogens with one attached hydrogen (secondary N) is 2. The lowest BCUT2D eigenvalue weighted by molar-refractivity contribution is -0.384. The van der Waals surface area contributed by atoms with Crippen molar-refractivity contribution in [3.8, 4) is 0 Å². The predicted octanol–water partition coefficient (Wildman–Crippen LogP) is 5.69. The quantitative estimate of drug-likeness (QED) is 0.193. The fourth-order valence-electron chi connectivity index (χ4n) is 3.81. The molecule has 1 aromatic heterocycles. The van der Waals surface area contributed by atoms with Gasteiger partial charge in [0.05, 0.1) is 4.92 Å². The van der Waals surface area contributed by atoms with E-state index >= 15 is 0 Å². The third-order valence-electron chi connectivity index (χ3n) is 5.58. The van der Waals surface area contributed by atoms with Crippen LogP contribution in [0, 0.1) is 15.9 Å². The van der Waals surface area contributed by atoms with Crippen LogP contribution in [0.4, 0.5) is 22.0 Å². The number of aromatic nitrogens is 3. The van der Waals surface area contributed by atoms with Gasteiger partial charge in [-0.25, -0.2) is 9.07 Å². The Hall–Kier alpha value is -4.83. The van der Waals surface area contributed by atoms with Gasteiger partial charge < -0.3 is 5.32 Å². The fourth-order valence-corrected chi connectivity index (χ4v) is 3.93. The van der Waals surface area contributed by atoms with Crippen molar-refractivity contribution in [2.75, 3.05) is 10.6 Å². The van der Waals surface area contributed by atoms with Gasteiger partial charge in [-0.1, -0.05) is 48.0 Å². The molecule has 1 atom stereocenters. The maximum absolute atomic E-state index is 13.6. The van der Waals surface area contributed by atoms with Crippen LogP contribution in [0.2, 0.25) is 5.02 Å². The molecule has 2 heterocycles. The average molecular weight is 517 g/mol. The van der Waals surface area contributed by atoms with Gasteiger partial charge in [0.1, 0.15) is 11.9 Å². The molecule has 9 nitrogen and oxygen atoms in total. The van der Waals surface area contributed by atoms with Gasteiger partial charge in [-0.3, -0.25) is 20.2 Å². The van der Waals surface area contributed by atoms with E-state index in [1.165, 1.54) is 42.5 Å². The molecule has 0 saturated carbocycles. The van der Waals surface area contributed by atoms with Gasteiger partial charge in [-0.05, 0) is 53.1 Å². The number of rotatable bonds is 6. The minimum Gasteiger partial charge on any atom is -0.324 e. The first-order valence-corrected chi connectivity index (χ1v) is 11.4. The van der Waals surface area contributed by atoms with Crippen molar-refractivity contribution in [1.82, 2.24) is 14.8 Å². The number of allylic oxidation sites excluding steroid dienone is 1. The topological polar surface area (TPSA) is 115 Å². The number of halogens is 2. The zero-order valence-electron chi connectivity index (χ0n) is 19.0. The van der Waals surface area contributed by atoms with Gasteiger partial charge in [-0.2, -0.15) is 4.98 Å². The van der Waals surface area contributed by atoms with Crippen LogP contribution in [0.1, 0.15) is 22.7 Å². The Bertz CT molecular complexity index is 1550. The molecule has 11 heteroatoms. The maximum Gasteiger partial charge on any atom is 0.270 e. The van der Waals surface area contributed by atoms with E-state index in [0.717, 1.165) is 16.8 Å². The lowest BCUT2D eigenvalue weighted by Crippen LogP contribution is -2.20. The second kappa shape index (κ2) is 10.0. The lowest BCUT2D eigenvalue weighted by Gasteiger charge is -2.24. The van der Waals surface area contributed by atoms with Gasteiger partial charge in [0.2, 0.25) is 5.95 Å². The molecule has 5 rings (SSSR count). The number of hydrogen-bond donors (Lipinski definition) is 2. The van der Waals surface area contributed by atoms with Crippen molar-refractivity contribution in [3.63, 3.8) is 0 Å². The highest BCUT2D eigenvalue weighted by molar-refractivity contribution is 6.30. The van der Waals surface area contributed by atoms with Crippen LogP contribution in [0.3, 0.4) is 0 Å². The van der Waals surface area contributed by atoms with E-state index in [0.29, 0.717) is 16.5 Å². The first kappa shape index (κ1) is 23.9. The zero-order valence-corrected chi connectivity index (χ0v) is 19.8. The number of non-ortho nitro benzene ring substituents is 1. The van der Waals surface area contributed by atoms with Gasteiger partial charge in [0.15, 0.2) is 0 Å². The van der Waals surface area contributed by atoms with Crippen molar-refractivity contribution in [3.05, 3.63) is 123 Å². The molecular weight excluding hydrogens is 499 g/mol. The number of anilines is 2. The van der Waals surface area contributed by atoms with Crippen LogP contribution in [0.15, 0.2) is 84.9 Å². The Morgan fingerprint density at radius 3 is 2.62 bits per heavy atom. The fraction of sp³-hybridized carbons (Fsp3) is 0.0385. The molecule has 0 fully saturated rings. The molecule has 1 aliphatic rings. The number of nitro groups is 1. The summed E-state index contributed by atoms with van der Waals surface area (Å²) in [4.78, 5) is 27.4. The summed E-state index contributed by atoms with van der Waals surface area (Å²) in [5.74, 6) is -0.450. The van der Waals surface area contributed by atoms with E-state index in [-0.39, 0.29) is 17.5 Å². The van der Waals surface area contributed by atoms with E-state index in [1.807, 2.05) is 18.2 Å². The highest BCUT2D eigenvalue weighted by atomic mass is 35.5. The summed E-state index contributed by atoms with van der Waals surface area (Å²) in [6.45, 7) is 0. The largest absolute Gasteiger partial charge is 0.324 e. The van der Waals surface area contributed by atoms with Crippen molar-refractivity contribution >= 4 is 46.9 Å². The summed E-state index contributed by atoms with van der Waals surface area (Å²) in [5.41, 5.74) is 2.79. The first-order chi connectivity index (χ1) is 17.9. The number of carbonyl (C=O) groups is 1. The van der Waals surface area contributed by atoms with E-state index in [1.54, 1.807) is 35.0 Å². The minimum atomic E-state index is -0.515. The molecule has 0 unspecified atom stereocenters. The van der Waals surface area contributed by atoms with Crippen LogP contribution in [0.5, 0.6) is 0 Å². The number of nitrogens with zero attached hydrogens (tertiary/aromatic N) is 4. The van der Waals surface area contributed by atoms with Crippen molar-refractivity contribution in [2.45, 2.75) is 6.04 Å². The Labute approximate surface area is 215 Å². The summed E-state index contributed by atoms with van der Waals surface area (Å²) in [5, 5.41) is 21.8. The van der Waals surface area contributed by atoms with Crippen LogP contribution in [-0.2, 0) is 4.79 Å². The smallest absolute Gasteiger partial charge is 0.270 e. The van der Waals surface area contributed by atoms with Crippen molar-refractivity contribution in [2.24, 2.45) is 0 Å². The van der Waals surface area contributed by atoms with Crippen LogP contribution in [-0.4, -0.2) is 25.6 Å². The van der Waals surface area contributed by atoms with E-state index in [2.05, 4.69) is 20.7 Å². The summed E-state index contributed by atoms with van der Waals surface area (Å²) >= 11 is 6.03. The molecule has 0 saturated heterocycles. The molecule has 0 radical (unpaired) electrons. The number of carbonyl (C=O) groups excluding carboxylic acids is 1. The van der Waals surface area contributed by atoms with Gasteiger partial charge in [0.25, 0.3) is 17.5 Å². The average Bonchev–Trinajstić information content (AvgIpc) is 3.30. The number of amides is 1. The highest BCUT2D eigenvalue weighted by Gasteiger charge is 2.25. The zero-order chi connectivity index (χ0) is 25.9. The van der Waals surface area contributed by atoms with Crippen molar-refractivity contribution in [1.29, 1.82) is 0 Å². The summed E-state index contributed by atoms with van der Waals surface area (Å²) < 4.78 is 15.2. The molecule has 0 spiro atoms. The lowest BCUT2D eigenvalue weighted by atomic mass is 10.0.